The molecule has 1 amide bonds. The molecule has 0 unspecified atom stereocenters. The average molecular weight is 356 g/mol. The van der Waals surface area contributed by atoms with E-state index in [1.54, 1.807) is 24.3 Å². The van der Waals surface area contributed by atoms with Crippen LogP contribution in [0.4, 0.5) is 0 Å². The van der Waals surface area contributed by atoms with E-state index >= 15 is 0 Å². The molecule has 0 heterocycles. The normalized spacial score (nSPS) is 10.3. The fourth-order valence-corrected chi connectivity index (χ4v) is 2.69. The van der Waals surface area contributed by atoms with Crippen LogP contribution in [-0.4, -0.2) is 24.8 Å². The van der Waals surface area contributed by atoms with Crippen LogP contribution in [0.3, 0.4) is 0 Å². The van der Waals surface area contributed by atoms with Crippen molar-refractivity contribution >= 4 is 40.9 Å². The van der Waals surface area contributed by atoms with Gasteiger partial charge in [0.15, 0.2) is 0 Å². The van der Waals surface area contributed by atoms with Crippen molar-refractivity contribution in [3.63, 3.8) is 0 Å². The Morgan fingerprint density at radius 1 is 1.09 bits per heavy atom. The first-order valence-electron chi connectivity index (χ1n) is 6.67. The average Bonchev–Trinajstić information content (AvgIpc) is 2.52. The molecule has 0 saturated carbocycles. The number of amides is 1. The molecule has 0 atom stereocenters. The number of halogens is 2. The Hall–Kier alpha value is -1.36. The summed E-state index contributed by atoms with van der Waals surface area (Å²) in [6.07, 6.45) is 0. The zero-order valence-electron chi connectivity index (χ0n) is 11.7. The van der Waals surface area contributed by atoms with Crippen LogP contribution >= 0.6 is 35.0 Å². The lowest BCUT2D eigenvalue weighted by Gasteiger charge is -2.09. The van der Waals surface area contributed by atoms with Crippen LogP contribution in [0.5, 0.6) is 5.75 Å². The van der Waals surface area contributed by atoms with Crippen molar-refractivity contribution in [2.75, 3.05) is 18.9 Å². The van der Waals surface area contributed by atoms with E-state index in [1.807, 2.05) is 24.3 Å². The van der Waals surface area contributed by atoms with E-state index < -0.39 is 0 Å². The molecule has 2 aromatic rings. The standard InChI is InChI=1S/C16H15Cl2NO2S/c17-12-5-7-13(8-6-12)22-11-16(20)19-9-10-21-15-4-2-1-3-14(15)18/h1-8H,9-11H2,(H,19,20). The minimum atomic E-state index is -0.0392. The number of para-hydroxylation sites is 1. The van der Waals surface area contributed by atoms with Gasteiger partial charge in [-0.3, -0.25) is 4.79 Å². The number of thioether (sulfide) groups is 1. The number of hydrogen-bond acceptors (Lipinski definition) is 3. The third-order valence-corrected chi connectivity index (χ3v) is 4.28. The highest BCUT2D eigenvalue weighted by Crippen LogP contribution is 2.22. The number of ether oxygens (including phenoxy) is 1. The summed E-state index contributed by atoms with van der Waals surface area (Å²) < 4.78 is 5.50. The van der Waals surface area contributed by atoms with Crippen LogP contribution in [0, 0.1) is 0 Å². The molecule has 0 aliphatic rings. The Kier molecular flexibility index (Phi) is 6.90. The molecule has 2 aromatic carbocycles. The molecule has 0 aliphatic carbocycles. The first-order valence-corrected chi connectivity index (χ1v) is 8.42. The summed E-state index contributed by atoms with van der Waals surface area (Å²) in [5.74, 6) is 0.935. The fraction of sp³-hybridized carbons (Fsp3) is 0.188. The Morgan fingerprint density at radius 2 is 1.82 bits per heavy atom. The predicted molar refractivity (Wildman–Crippen MR) is 92.1 cm³/mol. The maximum absolute atomic E-state index is 11.7. The molecule has 0 saturated heterocycles. The van der Waals surface area contributed by atoms with E-state index in [1.165, 1.54) is 11.8 Å². The summed E-state index contributed by atoms with van der Waals surface area (Å²) in [5.41, 5.74) is 0. The molecule has 1 N–H and O–H groups in total. The van der Waals surface area contributed by atoms with Gasteiger partial charge < -0.3 is 10.1 Å². The maximum atomic E-state index is 11.7. The quantitative estimate of drug-likeness (QED) is 0.594. The lowest BCUT2D eigenvalue weighted by molar-refractivity contribution is -0.118. The van der Waals surface area contributed by atoms with Gasteiger partial charge in [0.25, 0.3) is 0 Å². The Bertz CT molecular complexity index is 620. The van der Waals surface area contributed by atoms with Crippen molar-refractivity contribution in [1.29, 1.82) is 0 Å². The Morgan fingerprint density at radius 3 is 2.55 bits per heavy atom. The van der Waals surface area contributed by atoms with E-state index in [4.69, 9.17) is 27.9 Å². The van der Waals surface area contributed by atoms with Gasteiger partial charge in [-0.15, -0.1) is 11.8 Å². The highest BCUT2D eigenvalue weighted by atomic mass is 35.5. The van der Waals surface area contributed by atoms with Crippen molar-refractivity contribution in [1.82, 2.24) is 5.32 Å². The summed E-state index contributed by atoms with van der Waals surface area (Å²) in [7, 11) is 0. The van der Waals surface area contributed by atoms with Crippen molar-refractivity contribution in [2.24, 2.45) is 0 Å². The van der Waals surface area contributed by atoms with Crippen LogP contribution in [0.1, 0.15) is 0 Å². The topological polar surface area (TPSA) is 38.3 Å². The number of benzene rings is 2. The van der Waals surface area contributed by atoms with Gasteiger partial charge >= 0.3 is 0 Å². The first-order chi connectivity index (χ1) is 10.6. The van der Waals surface area contributed by atoms with Crippen LogP contribution in [-0.2, 0) is 4.79 Å². The van der Waals surface area contributed by atoms with E-state index in [-0.39, 0.29) is 5.91 Å². The molecule has 22 heavy (non-hydrogen) atoms. The lowest BCUT2D eigenvalue weighted by Crippen LogP contribution is -2.29. The van der Waals surface area contributed by atoms with Gasteiger partial charge in [0.1, 0.15) is 12.4 Å². The molecule has 2 rings (SSSR count). The third-order valence-electron chi connectivity index (χ3n) is 2.70. The second-order valence-electron chi connectivity index (χ2n) is 4.37. The maximum Gasteiger partial charge on any atom is 0.230 e. The summed E-state index contributed by atoms with van der Waals surface area (Å²) in [5, 5.41) is 4.05. The molecule has 6 heteroatoms. The molecule has 116 valence electrons. The van der Waals surface area contributed by atoms with Crippen molar-refractivity contribution in [3.05, 3.63) is 58.6 Å². The molecule has 3 nitrogen and oxygen atoms in total. The van der Waals surface area contributed by atoms with Gasteiger partial charge in [-0.2, -0.15) is 0 Å². The summed E-state index contributed by atoms with van der Waals surface area (Å²) in [4.78, 5) is 12.7. The second-order valence-corrected chi connectivity index (χ2v) is 6.26. The number of rotatable bonds is 7. The van der Waals surface area contributed by atoms with Crippen molar-refractivity contribution in [3.8, 4) is 5.75 Å². The van der Waals surface area contributed by atoms with Gasteiger partial charge in [0.2, 0.25) is 5.91 Å². The lowest BCUT2D eigenvalue weighted by atomic mass is 10.3. The van der Waals surface area contributed by atoms with E-state index in [9.17, 15) is 4.79 Å². The van der Waals surface area contributed by atoms with Crippen molar-refractivity contribution in [2.45, 2.75) is 4.90 Å². The largest absolute Gasteiger partial charge is 0.490 e. The molecule has 0 spiro atoms. The minimum absolute atomic E-state index is 0.0392. The van der Waals surface area contributed by atoms with Crippen LogP contribution in [0.15, 0.2) is 53.4 Å². The highest BCUT2D eigenvalue weighted by molar-refractivity contribution is 8.00. The van der Waals surface area contributed by atoms with E-state index in [0.29, 0.717) is 34.7 Å². The summed E-state index contributed by atoms with van der Waals surface area (Å²) >= 11 is 13.2. The summed E-state index contributed by atoms with van der Waals surface area (Å²) in [6.45, 7) is 0.812. The third kappa shape index (κ3) is 5.79. The first kappa shape index (κ1) is 17.0. The van der Waals surface area contributed by atoms with Crippen LogP contribution in [0.2, 0.25) is 10.0 Å². The van der Waals surface area contributed by atoms with Gasteiger partial charge in [-0.25, -0.2) is 0 Å². The number of carbonyl (C=O) groups is 1. The molecule has 0 fully saturated rings. The van der Waals surface area contributed by atoms with Crippen LogP contribution < -0.4 is 10.1 Å². The summed E-state index contributed by atoms with van der Waals surface area (Å²) in [6, 6.07) is 14.6. The Balaban J connectivity index is 1.64. The highest BCUT2D eigenvalue weighted by Gasteiger charge is 2.03. The van der Waals surface area contributed by atoms with Gasteiger partial charge in [0, 0.05) is 9.92 Å². The SMILES string of the molecule is O=C(CSc1ccc(Cl)cc1)NCCOc1ccccc1Cl. The fourth-order valence-electron chi connectivity index (χ4n) is 1.64. The monoisotopic (exact) mass is 355 g/mol. The van der Waals surface area contributed by atoms with Gasteiger partial charge in [-0.05, 0) is 36.4 Å². The van der Waals surface area contributed by atoms with Crippen molar-refractivity contribution < 1.29 is 9.53 Å². The number of hydrogen-bond donors (Lipinski definition) is 1. The second kappa shape index (κ2) is 8.93. The zero-order valence-corrected chi connectivity index (χ0v) is 14.0. The van der Waals surface area contributed by atoms with Gasteiger partial charge in [0.05, 0.1) is 17.3 Å². The predicted octanol–water partition coefficient (Wildman–Crippen LogP) is 4.28. The van der Waals surface area contributed by atoms with Crippen LogP contribution in [0.25, 0.3) is 0 Å². The van der Waals surface area contributed by atoms with Gasteiger partial charge in [-0.1, -0.05) is 35.3 Å². The van der Waals surface area contributed by atoms with E-state index in [0.717, 1.165) is 4.90 Å². The minimum Gasteiger partial charge on any atom is -0.490 e. The smallest absolute Gasteiger partial charge is 0.230 e. The molecule has 0 bridgehead atoms. The molecule has 0 aliphatic heterocycles. The molecular formula is C16H15Cl2NO2S. The zero-order chi connectivity index (χ0) is 15.8. The number of nitrogens with one attached hydrogen (secondary N) is 1. The Labute approximate surface area is 144 Å². The number of carbonyl (C=O) groups excluding carboxylic acids is 1. The molecule has 0 aromatic heterocycles. The molecular weight excluding hydrogens is 341 g/mol. The van der Waals surface area contributed by atoms with E-state index in [2.05, 4.69) is 5.32 Å². The molecule has 0 radical (unpaired) electrons.